The molecule has 6 nitrogen and oxygen atoms in total. The minimum atomic E-state index is -4.50. The van der Waals surface area contributed by atoms with E-state index >= 15 is 0 Å². The normalized spacial score (nSPS) is 19.8. The van der Waals surface area contributed by atoms with Crippen LogP contribution in [0.1, 0.15) is 37.0 Å². The van der Waals surface area contributed by atoms with Crippen molar-refractivity contribution in [2.24, 2.45) is 0 Å². The first-order valence-electron chi connectivity index (χ1n) is 9.88. The maximum absolute atomic E-state index is 13.1. The Balaban J connectivity index is 1.65. The van der Waals surface area contributed by atoms with Crippen molar-refractivity contribution in [2.45, 2.75) is 38.5 Å². The van der Waals surface area contributed by atoms with Crippen LogP contribution in [0.2, 0.25) is 0 Å². The number of ether oxygens (including phenoxy) is 1. The Bertz CT molecular complexity index is 1230. The molecular formula is C22H21F3N2O4S. The summed E-state index contributed by atoms with van der Waals surface area (Å²) in [5.74, 6) is -0.485. The fourth-order valence-corrected chi connectivity index (χ4v) is 5.02. The number of carbonyl (C=O) groups is 1. The lowest BCUT2D eigenvalue weighted by molar-refractivity contribution is -0.137. The summed E-state index contributed by atoms with van der Waals surface area (Å²) in [6.45, 7) is 3.48. The standard InChI is InChI=1S/C22H21F3N2O4S/c1-21(2)12-13(15-7-6-14(22(23,24)25)11-19(15)31-21)10-20(28)26-17-4-3-5-18-16(17)8-9-32(29,30)27-18/h3-7,10-11,27H,8-9,12H2,1-2H3,(H,26,28)/b13-10+. The molecule has 0 aromatic heterocycles. The van der Waals surface area contributed by atoms with Crippen LogP contribution in [0.15, 0.2) is 42.5 Å². The van der Waals surface area contributed by atoms with Crippen LogP contribution in [-0.2, 0) is 27.4 Å². The number of nitrogens with one attached hydrogen (secondary N) is 2. The molecule has 0 unspecified atom stereocenters. The Morgan fingerprint density at radius 2 is 1.97 bits per heavy atom. The van der Waals surface area contributed by atoms with E-state index in [1.165, 1.54) is 12.1 Å². The minimum absolute atomic E-state index is 0.0709. The van der Waals surface area contributed by atoms with Gasteiger partial charge in [-0.25, -0.2) is 8.42 Å². The monoisotopic (exact) mass is 466 g/mol. The average molecular weight is 466 g/mol. The summed E-state index contributed by atoms with van der Waals surface area (Å²) in [7, 11) is -3.39. The maximum atomic E-state index is 13.1. The minimum Gasteiger partial charge on any atom is -0.487 e. The molecule has 0 fully saturated rings. The van der Waals surface area contributed by atoms with Crippen molar-refractivity contribution in [3.8, 4) is 5.75 Å². The maximum Gasteiger partial charge on any atom is 0.416 e. The van der Waals surface area contributed by atoms with Gasteiger partial charge in [0, 0.05) is 29.3 Å². The molecule has 0 saturated heterocycles. The predicted octanol–water partition coefficient (Wildman–Crippen LogP) is 4.59. The molecule has 0 saturated carbocycles. The number of hydrogen-bond acceptors (Lipinski definition) is 4. The van der Waals surface area contributed by atoms with E-state index in [0.717, 1.165) is 12.1 Å². The number of alkyl halides is 3. The molecule has 1 amide bonds. The molecule has 2 aliphatic rings. The summed E-state index contributed by atoms with van der Waals surface area (Å²) in [5, 5.41) is 2.77. The average Bonchev–Trinajstić information content (AvgIpc) is 2.65. The van der Waals surface area contributed by atoms with E-state index in [2.05, 4.69) is 10.0 Å². The van der Waals surface area contributed by atoms with E-state index in [1.807, 2.05) is 0 Å². The van der Waals surface area contributed by atoms with Crippen LogP contribution in [0, 0.1) is 0 Å². The van der Waals surface area contributed by atoms with Crippen molar-refractivity contribution in [2.75, 3.05) is 15.8 Å². The van der Waals surface area contributed by atoms with Crippen LogP contribution in [0.3, 0.4) is 0 Å². The number of rotatable bonds is 2. The van der Waals surface area contributed by atoms with Gasteiger partial charge in [-0.2, -0.15) is 13.2 Å². The van der Waals surface area contributed by atoms with E-state index in [-0.39, 0.29) is 17.9 Å². The third-order valence-corrected chi connectivity index (χ3v) is 6.56. The Morgan fingerprint density at radius 3 is 2.69 bits per heavy atom. The number of amides is 1. The Hall–Kier alpha value is -3.01. The second kappa shape index (κ2) is 7.54. The van der Waals surface area contributed by atoms with Gasteiger partial charge in [-0.3, -0.25) is 9.52 Å². The first kappa shape index (κ1) is 22.2. The fourth-order valence-electron chi connectivity index (χ4n) is 3.92. The highest BCUT2D eigenvalue weighted by molar-refractivity contribution is 7.92. The molecule has 0 radical (unpaired) electrons. The van der Waals surface area contributed by atoms with Crippen molar-refractivity contribution >= 4 is 32.9 Å². The Kier molecular flexibility index (Phi) is 5.23. The molecule has 2 aliphatic heterocycles. The van der Waals surface area contributed by atoms with Crippen LogP contribution >= 0.6 is 0 Å². The van der Waals surface area contributed by atoms with Gasteiger partial charge in [-0.1, -0.05) is 12.1 Å². The van der Waals surface area contributed by atoms with E-state index in [1.54, 1.807) is 32.0 Å². The molecule has 2 N–H and O–H groups in total. The molecular weight excluding hydrogens is 445 g/mol. The third kappa shape index (κ3) is 4.59. The van der Waals surface area contributed by atoms with Crippen molar-refractivity contribution in [1.29, 1.82) is 0 Å². The van der Waals surface area contributed by atoms with Gasteiger partial charge in [0.25, 0.3) is 0 Å². The highest BCUT2D eigenvalue weighted by Crippen LogP contribution is 2.43. The molecule has 2 aromatic carbocycles. The number of fused-ring (bicyclic) bond motifs is 2. The number of benzene rings is 2. The molecule has 170 valence electrons. The first-order chi connectivity index (χ1) is 14.8. The SMILES string of the molecule is CC1(C)C/C(=C\C(=O)Nc2cccc3c2CCS(=O)(=O)N3)c2ccc(C(F)(F)F)cc2O1. The molecule has 32 heavy (non-hydrogen) atoms. The third-order valence-electron chi connectivity index (χ3n) is 5.28. The summed E-state index contributed by atoms with van der Waals surface area (Å²) in [5.41, 5.74) is 0.925. The Morgan fingerprint density at radius 1 is 1.22 bits per heavy atom. The number of hydrogen-bond donors (Lipinski definition) is 2. The molecule has 4 rings (SSSR count). The van der Waals surface area contributed by atoms with Gasteiger partial charge in [0.15, 0.2) is 0 Å². The quantitative estimate of drug-likeness (QED) is 0.635. The van der Waals surface area contributed by atoms with Crippen LogP contribution in [0.4, 0.5) is 24.5 Å². The van der Waals surface area contributed by atoms with Crippen molar-refractivity contribution in [1.82, 2.24) is 0 Å². The first-order valence-corrected chi connectivity index (χ1v) is 11.5. The van der Waals surface area contributed by atoms with E-state index in [9.17, 15) is 26.4 Å². The molecule has 2 heterocycles. The van der Waals surface area contributed by atoms with E-state index in [0.29, 0.717) is 34.5 Å². The largest absolute Gasteiger partial charge is 0.487 e. The Labute approximate surface area is 183 Å². The van der Waals surface area contributed by atoms with Gasteiger partial charge in [-0.15, -0.1) is 0 Å². The van der Waals surface area contributed by atoms with Crippen molar-refractivity contribution in [3.05, 3.63) is 59.2 Å². The van der Waals surface area contributed by atoms with Crippen LogP contribution in [-0.4, -0.2) is 25.7 Å². The van der Waals surface area contributed by atoms with Crippen molar-refractivity contribution < 1.29 is 31.1 Å². The molecule has 0 bridgehead atoms. The van der Waals surface area contributed by atoms with Gasteiger partial charge < -0.3 is 10.1 Å². The zero-order valence-electron chi connectivity index (χ0n) is 17.3. The molecule has 0 spiro atoms. The smallest absolute Gasteiger partial charge is 0.416 e. The van der Waals surface area contributed by atoms with Gasteiger partial charge in [0.05, 0.1) is 17.0 Å². The number of sulfonamides is 1. The lowest BCUT2D eigenvalue weighted by Crippen LogP contribution is -2.32. The summed E-state index contributed by atoms with van der Waals surface area (Å²) in [6.07, 6.45) is -2.58. The van der Waals surface area contributed by atoms with Crippen LogP contribution < -0.4 is 14.8 Å². The van der Waals surface area contributed by atoms with Gasteiger partial charge in [0.2, 0.25) is 15.9 Å². The zero-order chi connectivity index (χ0) is 23.3. The topological polar surface area (TPSA) is 84.5 Å². The van der Waals surface area contributed by atoms with Gasteiger partial charge in [0.1, 0.15) is 11.4 Å². The summed E-state index contributed by atoms with van der Waals surface area (Å²) < 4.78 is 71.1. The predicted molar refractivity (Wildman–Crippen MR) is 115 cm³/mol. The highest BCUT2D eigenvalue weighted by atomic mass is 32.2. The fraction of sp³-hybridized carbons (Fsp3) is 0.318. The molecule has 0 aliphatic carbocycles. The van der Waals surface area contributed by atoms with E-state index in [4.69, 9.17) is 4.74 Å². The lowest BCUT2D eigenvalue weighted by atomic mass is 9.88. The molecule has 0 atom stereocenters. The van der Waals surface area contributed by atoms with Crippen LogP contribution in [0.5, 0.6) is 5.75 Å². The second-order valence-corrected chi connectivity index (χ2v) is 10.3. The lowest BCUT2D eigenvalue weighted by Gasteiger charge is -2.34. The van der Waals surface area contributed by atoms with E-state index < -0.39 is 33.3 Å². The summed E-state index contributed by atoms with van der Waals surface area (Å²) >= 11 is 0. The van der Waals surface area contributed by atoms with Crippen LogP contribution in [0.25, 0.3) is 5.57 Å². The summed E-state index contributed by atoms with van der Waals surface area (Å²) in [6, 6.07) is 8.14. The second-order valence-electron chi connectivity index (χ2n) is 8.41. The zero-order valence-corrected chi connectivity index (χ0v) is 18.2. The molecule has 2 aromatic rings. The number of anilines is 2. The number of carbonyl (C=O) groups excluding carboxylic acids is 1. The summed E-state index contributed by atoms with van der Waals surface area (Å²) in [4.78, 5) is 12.8. The van der Waals surface area contributed by atoms with Gasteiger partial charge in [-0.05, 0) is 50.1 Å². The number of halogens is 3. The molecule has 10 heteroatoms. The van der Waals surface area contributed by atoms with Crippen molar-refractivity contribution in [3.63, 3.8) is 0 Å². The highest BCUT2D eigenvalue weighted by Gasteiger charge is 2.35. The van der Waals surface area contributed by atoms with Gasteiger partial charge >= 0.3 is 6.18 Å².